The zero-order chi connectivity index (χ0) is 26.1. The second kappa shape index (κ2) is 10.1. The van der Waals surface area contributed by atoms with Crippen molar-refractivity contribution in [3.8, 4) is 0 Å². The van der Waals surface area contributed by atoms with Crippen molar-refractivity contribution < 1.29 is 32.1 Å². The number of hydrogen-bond acceptors (Lipinski definition) is 7. The first-order chi connectivity index (χ1) is 16.4. The van der Waals surface area contributed by atoms with E-state index in [-0.39, 0.29) is 25.1 Å². The highest BCUT2D eigenvalue weighted by Gasteiger charge is 2.44. The van der Waals surface area contributed by atoms with Gasteiger partial charge in [-0.2, -0.15) is 4.31 Å². The fraction of sp³-hybridized carbons (Fsp3) is 0.391. The summed E-state index contributed by atoms with van der Waals surface area (Å²) in [6.07, 6.45) is -0.158. The van der Waals surface area contributed by atoms with Crippen LogP contribution >= 0.6 is 0 Å². The van der Waals surface area contributed by atoms with E-state index in [0.717, 1.165) is 34.7 Å². The van der Waals surface area contributed by atoms with Gasteiger partial charge < -0.3 is 9.64 Å². The van der Waals surface area contributed by atoms with Gasteiger partial charge in [-0.05, 0) is 49.6 Å². The van der Waals surface area contributed by atoms with Gasteiger partial charge in [-0.25, -0.2) is 17.6 Å². The third-order valence-electron chi connectivity index (χ3n) is 6.21. The van der Waals surface area contributed by atoms with Gasteiger partial charge in [0, 0.05) is 25.6 Å². The molecule has 0 aromatic heterocycles. The van der Waals surface area contributed by atoms with Gasteiger partial charge >= 0.3 is 5.97 Å². The number of carbonyl (C=O) groups excluding carboxylic acids is 2. The summed E-state index contributed by atoms with van der Waals surface area (Å²) in [5, 5.41) is 11.4. The van der Waals surface area contributed by atoms with Crippen molar-refractivity contribution >= 4 is 27.6 Å². The van der Waals surface area contributed by atoms with Crippen LogP contribution in [0.2, 0.25) is 0 Å². The van der Waals surface area contributed by atoms with Crippen LogP contribution in [0.15, 0.2) is 41.3 Å². The van der Waals surface area contributed by atoms with E-state index >= 15 is 0 Å². The van der Waals surface area contributed by atoms with E-state index < -0.39 is 55.3 Å². The topological polar surface area (TPSA) is 127 Å². The molecule has 35 heavy (non-hydrogen) atoms. The molecule has 0 unspecified atom stereocenters. The molecule has 0 aliphatic carbocycles. The van der Waals surface area contributed by atoms with Gasteiger partial charge in [-0.15, -0.1) is 0 Å². The maximum atomic E-state index is 14.6. The van der Waals surface area contributed by atoms with Gasteiger partial charge in [-0.1, -0.05) is 18.2 Å². The number of carbonyl (C=O) groups is 2. The Labute approximate surface area is 202 Å². The summed E-state index contributed by atoms with van der Waals surface area (Å²) in [6.45, 7) is 4.48. The number of halogens is 1. The summed E-state index contributed by atoms with van der Waals surface area (Å²) in [7, 11) is -3.25. The number of benzene rings is 2. The van der Waals surface area contributed by atoms with Crippen molar-refractivity contribution in [2.45, 2.75) is 44.2 Å². The Morgan fingerprint density at radius 1 is 1.23 bits per heavy atom. The van der Waals surface area contributed by atoms with Crippen LogP contribution in [0.25, 0.3) is 0 Å². The average Bonchev–Trinajstić information content (AvgIpc) is 2.81. The monoisotopic (exact) mass is 507 g/mol. The van der Waals surface area contributed by atoms with Crippen LogP contribution in [0.4, 0.5) is 10.1 Å². The van der Waals surface area contributed by atoms with E-state index in [9.17, 15) is 32.5 Å². The van der Waals surface area contributed by atoms with Gasteiger partial charge in [0.05, 0.1) is 12.0 Å². The smallest absolute Gasteiger partial charge is 0.328 e. The third kappa shape index (κ3) is 5.03. The number of amides is 1. The molecule has 1 heterocycles. The van der Waals surface area contributed by atoms with Crippen molar-refractivity contribution in [1.82, 2.24) is 9.21 Å². The van der Waals surface area contributed by atoms with Gasteiger partial charge in [0.25, 0.3) is 15.7 Å². The Balaban J connectivity index is 1.93. The molecule has 1 amide bonds. The molecule has 12 heteroatoms. The number of hydrogen-bond donors (Lipinski definition) is 0. The normalized spacial score (nSPS) is 17.8. The standard InChI is InChI=1S/C23H26FN3O7S/c1-14-11-17(18(24)12-15(14)2)13-20(23(29)34-4)25-9-10-26(16(3)22(25)28)35(32,33)21-8-6-5-7-19(21)27(30)31/h5-8,11-12,16,20H,9-10,13H2,1-4H3/t16-,20-/m0/s1. The lowest BCUT2D eigenvalue weighted by Crippen LogP contribution is -2.61. The Bertz CT molecular complexity index is 1280. The minimum Gasteiger partial charge on any atom is -0.467 e. The predicted molar refractivity (Wildman–Crippen MR) is 124 cm³/mol. The van der Waals surface area contributed by atoms with Crippen molar-refractivity contribution in [2.75, 3.05) is 20.2 Å². The summed E-state index contributed by atoms with van der Waals surface area (Å²) in [4.78, 5) is 37.1. The molecule has 188 valence electrons. The molecule has 3 rings (SSSR count). The Morgan fingerprint density at radius 3 is 2.49 bits per heavy atom. The quantitative estimate of drug-likeness (QED) is 0.320. The summed E-state index contributed by atoms with van der Waals surface area (Å²) in [5.74, 6) is -1.99. The number of nitro benzene ring substituents is 1. The molecular weight excluding hydrogens is 481 g/mol. The molecule has 1 fully saturated rings. The molecular formula is C23H26FN3O7S. The zero-order valence-electron chi connectivity index (χ0n) is 19.7. The Kier molecular flexibility index (Phi) is 7.56. The van der Waals surface area contributed by atoms with E-state index in [4.69, 9.17) is 4.74 Å². The van der Waals surface area contributed by atoms with Crippen LogP contribution in [-0.2, 0) is 30.8 Å². The number of aryl methyl sites for hydroxylation is 2. The van der Waals surface area contributed by atoms with Crippen molar-refractivity contribution in [2.24, 2.45) is 0 Å². The molecule has 2 aromatic rings. The molecule has 2 atom stereocenters. The number of para-hydroxylation sites is 1. The highest BCUT2D eigenvalue weighted by Crippen LogP contribution is 2.30. The fourth-order valence-corrected chi connectivity index (χ4v) is 5.86. The lowest BCUT2D eigenvalue weighted by molar-refractivity contribution is -0.387. The average molecular weight is 508 g/mol. The number of piperazine rings is 1. The summed E-state index contributed by atoms with van der Waals surface area (Å²) in [5.41, 5.74) is 1.16. The molecule has 2 aromatic carbocycles. The van der Waals surface area contributed by atoms with Crippen molar-refractivity contribution in [3.05, 3.63) is 69.0 Å². The van der Waals surface area contributed by atoms with E-state index in [1.807, 2.05) is 0 Å². The van der Waals surface area contributed by atoms with E-state index in [1.54, 1.807) is 19.9 Å². The third-order valence-corrected chi connectivity index (χ3v) is 8.23. The van der Waals surface area contributed by atoms with Gasteiger partial charge in [0.1, 0.15) is 17.9 Å². The number of esters is 1. The highest BCUT2D eigenvalue weighted by molar-refractivity contribution is 7.89. The van der Waals surface area contributed by atoms with Gasteiger partial charge in [-0.3, -0.25) is 14.9 Å². The molecule has 1 aliphatic rings. The molecule has 1 saturated heterocycles. The largest absolute Gasteiger partial charge is 0.467 e. The van der Waals surface area contributed by atoms with Crippen LogP contribution in [-0.4, -0.2) is 66.7 Å². The molecule has 0 radical (unpaired) electrons. The van der Waals surface area contributed by atoms with Gasteiger partial charge in [0.2, 0.25) is 5.91 Å². The lowest BCUT2D eigenvalue weighted by Gasteiger charge is -2.41. The lowest BCUT2D eigenvalue weighted by atomic mass is 9.98. The molecule has 10 nitrogen and oxygen atoms in total. The van der Waals surface area contributed by atoms with Crippen LogP contribution in [0.1, 0.15) is 23.6 Å². The minimum atomic E-state index is -4.40. The zero-order valence-corrected chi connectivity index (χ0v) is 20.5. The molecule has 1 aliphatic heterocycles. The van der Waals surface area contributed by atoms with E-state index in [2.05, 4.69) is 0 Å². The summed E-state index contributed by atoms with van der Waals surface area (Å²) >= 11 is 0. The number of ether oxygens (including phenoxy) is 1. The maximum Gasteiger partial charge on any atom is 0.328 e. The Morgan fingerprint density at radius 2 is 1.86 bits per heavy atom. The van der Waals surface area contributed by atoms with Crippen LogP contribution in [0.5, 0.6) is 0 Å². The fourth-order valence-electron chi connectivity index (χ4n) is 4.13. The number of rotatable bonds is 7. The summed E-state index contributed by atoms with van der Waals surface area (Å²) in [6, 6.07) is 5.39. The SMILES string of the molecule is COC(=O)[C@H](Cc1cc(C)c(C)cc1F)N1CCN(S(=O)(=O)c2ccccc2[N+](=O)[O-])[C@@H](C)C1=O. The molecule has 0 bridgehead atoms. The number of nitro groups is 1. The number of sulfonamides is 1. The Hall–Kier alpha value is -3.38. The summed E-state index contributed by atoms with van der Waals surface area (Å²) < 4.78 is 46.8. The van der Waals surface area contributed by atoms with Crippen LogP contribution in [0, 0.1) is 29.8 Å². The minimum absolute atomic E-state index is 0.158. The van der Waals surface area contributed by atoms with E-state index in [0.29, 0.717) is 0 Å². The van der Waals surface area contributed by atoms with Crippen LogP contribution < -0.4 is 0 Å². The maximum absolute atomic E-state index is 14.6. The first-order valence-electron chi connectivity index (χ1n) is 10.8. The first kappa shape index (κ1) is 26.2. The molecule has 0 N–H and O–H groups in total. The second-order valence-electron chi connectivity index (χ2n) is 8.32. The highest BCUT2D eigenvalue weighted by atomic mass is 32.2. The second-order valence-corrected chi connectivity index (χ2v) is 10.2. The van der Waals surface area contributed by atoms with Crippen molar-refractivity contribution in [3.63, 3.8) is 0 Å². The van der Waals surface area contributed by atoms with Gasteiger partial charge in [0.15, 0.2) is 4.90 Å². The molecule has 0 saturated carbocycles. The number of methoxy groups -OCH3 is 1. The molecule has 0 spiro atoms. The number of nitrogens with zero attached hydrogens (tertiary/aromatic N) is 3. The van der Waals surface area contributed by atoms with Crippen molar-refractivity contribution in [1.29, 1.82) is 0 Å². The predicted octanol–water partition coefficient (Wildman–Crippen LogP) is 2.36. The van der Waals surface area contributed by atoms with Crippen LogP contribution in [0.3, 0.4) is 0 Å². The first-order valence-corrected chi connectivity index (χ1v) is 12.2. The van der Waals surface area contributed by atoms with E-state index in [1.165, 1.54) is 30.0 Å².